The third-order valence-corrected chi connectivity index (χ3v) is 4.77. The molecule has 0 amide bonds. The number of rotatable bonds is 4. The van der Waals surface area contributed by atoms with Gasteiger partial charge in [0.15, 0.2) is 0 Å². The molecule has 0 aromatic heterocycles. The molecule has 0 radical (unpaired) electrons. The van der Waals surface area contributed by atoms with Crippen LogP contribution in [0.25, 0.3) is 0 Å². The fourth-order valence-corrected chi connectivity index (χ4v) is 3.59. The van der Waals surface area contributed by atoms with Crippen molar-refractivity contribution in [2.24, 2.45) is 0 Å². The first-order valence-corrected chi connectivity index (χ1v) is 8.11. The molecule has 1 aromatic carbocycles. The maximum absolute atomic E-state index is 9.44. The molecule has 0 atom stereocenters. The van der Waals surface area contributed by atoms with Crippen LogP contribution < -0.4 is 5.32 Å². The van der Waals surface area contributed by atoms with E-state index in [0.29, 0.717) is 0 Å². The molecular formula is C16H22N2S. The highest BCUT2D eigenvalue weighted by Gasteiger charge is 2.27. The molecule has 0 bridgehead atoms. The predicted molar refractivity (Wildman–Crippen MR) is 82.7 cm³/mol. The van der Waals surface area contributed by atoms with E-state index in [1.54, 1.807) is 11.8 Å². The lowest BCUT2D eigenvalue weighted by Gasteiger charge is -2.36. The fraction of sp³-hybridized carbons (Fsp3) is 0.562. The zero-order valence-electron chi connectivity index (χ0n) is 11.8. The van der Waals surface area contributed by atoms with Crippen LogP contribution >= 0.6 is 11.8 Å². The molecule has 1 aliphatic rings. The average Bonchev–Trinajstić information content (AvgIpc) is 2.40. The van der Waals surface area contributed by atoms with Gasteiger partial charge in [-0.25, -0.2) is 0 Å². The first-order chi connectivity index (χ1) is 9.18. The molecule has 2 nitrogen and oxygen atoms in total. The number of thioether (sulfide) groups is 1. The lowest BCUT2D eigenvalue weighted by atomic mass is 9.83. The van der Waals surface area contributed by atoms with Crippen molar-refractivity contribution in [1.82, 2.24) is 0 Å². The number of nitrogens with zero attached hydrogens (tertiary/aromatic N) is 1. The third kappa shape index (κ3) is 3.45. The number of hydrogen-bond donors (Lipinski definition) is 1. The average molecular weight is 274 g/mol. The minimum atomic E-state index is 0.152. The van der Waals surface area contributed by atoms with Crippen molar-refractivity contribution in [2.75, 3.05) is 11.1 Å². The Bertz CT molecular complexity index is 470. The standard InChI is InChI=1S/C16H22N2S/c1-3-19-15-9-7-8-14(13(15)12-17)18-16(2)10-5-4-6-11-16/h7-9,18H,3-6,10-11H2,1-2H3. The van der Waals surface area contributed by atoms with E-state index < -0.39 is 0 Å². The Morgan fingerprint density at radius 2 is 2.05 bits per heavy atom. The predicted octanol–water partition coefficient (Wildman–Crippen LogP) is 4.80. The van der Waals surface area contributed by atoms with Crippen LogP contribution in [-0.2, 0) is 0 Å². The van der Waals surface area contributed by atoms with Crippen molar-refractivity contribution in [3.05, 3.63) is 23.8 Å². The zero-order chi connectivity index (χ0) is 13.7. The highest BCUT2D eigenvalue weighted by Crippen LogP contribution is 2.34. The molecule has 2 rings (SSSR count). The van der Waals surface area contributed by atoms with Crippen molar-refractivity contribution >= 4 is 17.4 Å². The van der Waals surface area contributed by atoms with E-state index in [4.69, 9.17) is 0 Å². The second-order valence-corrected chi connectivity index (χ2v) is 6.78. The number of nitrogens with one attached hydrogen (secondary N) is 1. The summed E-state index contributed by atoms with van der Waals surface area (Å²) in [6.07, 6.45) is 6.31. The minimum Gasteiger partial charge on any atom is -0.379 e. The summed E-state index contributed by atoms with van der Waals surface area (Å²) in [5.41, 5.74) is 1.96. The monoisotopic (exact) mass is 274 g/mol. The highest BCUT2D eigenvalue weighted by molar-refractivity contribution is 7.99. The van der Waals surface area contributed by atoms with Gasteiger partial charge in [0, 0.05) is 10.4 Å². The molecule has 1 aliphatic carbocycles. The van der Waals surface area contributed by atoms with Gasteiger partial charge in [-0.2, -0.15) is 5.26 Å². The van der Waals surface area contributed by atoms with Gasteiger partial charge < -0.3 is 5.32 Å². The summed E-state index contributed by atoms with van der Waals surface area (Å²) in [5, 5.41) is 13.1. The van der Waals surface area contributed by atoms with Crippen LogP contribution in [-0.4, -0.2) is 11.3 Å². The topological polar surface area (TPSA) is 35.8 Å². The van der Waals surface area contributed by atoms with Crippen molar-refractivity contribution in [2.45, 2.75) is 56.4 Å². The van der Waals surface area contributed by atoms with E-state index in [0.717, 1.165) is 21.9 Å². The van der Waals surface area contributed by atoms with Crippen LogP contribution in [0, 0.1) is 11.3 Å². The first-order valence-electron chi connectivity index (χ1n) is 7.12. The van der Waals surface area contributed by atoms with Crippen LogP contribution in [0.3, 0.4) is 0 Å². The maximum atomic E-state index is 9.44. The Balaban J connectivity index is 2.24. The number of nitriles is 1. The minimum absolute atomic E-state index is 0.152. The van der Waals surface area contributed by atoms with Gasteiger partial charge in [0.25, 0.3) is 0 Å². The van der Waals surface area contributed by atoms with E-state index in [-0.39, 0.29) is 5.54 Å². The molecule has 3 heteroatoms. The second kappa shape index (κ2) is 6.34. The van der Waals surface area contributed by atoms with Crippen molar-refractivity contribution in [1.29, 1.82) is 5.26 Å². The summed E-state index contributed by atoms with van der Waals surface area (Å²) >= 11 is 1.74. The van der Waals surface area contributed by atoms with Crippen molar-refractivity contribution < 1.29 is 0 Å². The van der Waals surface area contributed by atoms with Crippen LogP contribution in [0.1, 0.15) is 51.5 Å². The van der Waals surface area contributed by atoms with Crippen LogP contribution in [0.15, 0.2) is 23.1 Å². The lowest BCUT2D eigenvalue weighted by Crippen LogP contribution is -2.37. The first kappa shape index (κ1) is 14.3. The molecule has 1 N–H and O–H groups in total. The summed E-state index contributed by atoms with van der Waals surface area (Å²) in [7, 11) is 0. The van der Waals surface area contributed by atoms with E-state index in [1.807, 2.05) is 18.2 Å². The summed E-state index contributed by atoms with van der Waals surface area (Å²) in [4.78, 5) is 1.09. The molecule has 102 valence electrons. The molecule has 0 heterocycles. The number of benzene rings is 1. The lowest BCUT2D eigenvalue weighted by molar-refractivity contribution is 0.349. The quantitative estimate of drug-likeness (QED) is 0.801. The fourth-order valence-electron chi connectivity index (χ4n) is 2.81. The maximum Gasteiger partial charge on any atom is 0.102 e. The summed E-state index contributed by atoms with van der Waals surface area (Å²) in [6.45, 7) is 4.40. The van der Waals surface area contributed by atoms with Crippen molar-refractivity contribution in [3.63, 3.8) is 0 Å². The Labute approximate surface area is 120 Å². The largest absolute Gasteiger partial charge is 0.379 e. The van der Waals surface area contributed by atoms with E-state index in [2.05, 4.69) is 25.2 Å². The van der Waals surface area contributed by atoms with Gasteiger partial charge in [-0.15, -0.1) is 11.8 Å². The Hall–Kier alpha value is -1.14. The van der Waals surface area contributed by atoms with E-state index in [1.165, 1.54) is 32.1 Å². The van der Waals surface area contributed by atoms with Gasteiger partial charge in [-0.3, -0.25) is 0 Å². The van der Waals surface area contributed by atoms with Gasteiger partial charge in [0.05, 0.1) is 11.3 Å². The molecule has 0 spiro atoms. The van der Waals surface area contributed by atoms with Gasteiger partial charge in [0.2, 0.25) is 0 Å². The van der Waals surface area contributed by atoms with Crippen LogP contribution in [0.5, 0.6) is 0 Å². The third-order valence-electron chi connectivity index (χ3n) is 3.83. The van der Waals surface area contributed by atoms with Gasteiger partial charge in [-0.05, 0) is 37.7 Å². The molecule has 0 aliphatic heterocycles. The Kier molecular flexibility index (Phi) is 4.76. The molecule has 1 fully saturated rings. The number of anilines is 1. The summed E-state index contributed by atoms with van der Waals surface area (Å²) < 4.78 is 0. The molecule has 19 heavy (non-hydrogen) atoms. The molecule has 0 saturated heterocycles. The zero-order valence-corrected chi connectivity index (χ0v) is 12.6. The van der Waals surface area contributed by atoms with Crippen LogP contribution in [0.2, 0.25) is 0 Å². The van der Waals surface area contributed by atoms with Crippen LogP contribution in [0.4, 0.5) is 5.69 Å². The number of hydrogen-bond acceptors (Lipinski definition) is 3. The SMILES string of the molecule is CCSc1cccc(NC2(C)CCCCC2)c1C#N. The van der Waals surface area contributed by atoms with E-state index in [9.17, 15) is 5.26 Å². The summed E-state index contributed by atoms with van der Waals surface area (Å²) in [5.74, 6) is 0.995. The summed E-state index contributed by atoms with van der Waals surface area (Å²) in [6, 6.07) is 8.50. The Morgan fingerprint density at radius 1 is 1.32 bits per heavy atom. The van der Waals surface area contributed by atoms with Gasteiger partial charge in [-0.1, -0.05) is 32.3 Å². The highest BCUT2D eigenvalue weighted by atomic mass is 32.2. The smallest absolute Gasteiger partial charge is 0.102 e. The molecule has 0 unspecified atom stereocenters. The molecule has 1 aromatic rings. The Morgan fingerprint density at radius 3 is 2.68 bits per heavy atom. The van der Waals surface area contributed by atoms with Gasteiger partial charge >= 0.3 is 0 Å². The van der Waals surface area contributed by atoms with Gasteiger partial charge in [0.1, 0.15) is 6.07 Å². The van der Waals surface area contributed by atoms with E-state index >= 15 is 0 Å². The second-order valence-electron chi connectivity index (χ2n) is 5.47. The molecular weight excluding hydrogens is 252 g/mol. The molecule has 1 saturated carbocycles. The van der Waals surface area contributed by atoms with Crippen molar-refractivity contribution in [3.8, 4) is 6.07 Å². The normalized spacial score (nSPS) is 17.7.